The van der Waals surface area contributed by atoms with Gasteiger partial charge in [0.25, 0.3) is 0 Å². The standard InChI is InChI=1S/C38H66O/c1-4-6-8-10-12-14-16-18-33-20-22-35(23-21-33)31-39-37-28-29-38(32(3)30-37)36-26-24-34(25-27-36)19-17-15-13-11-9-7-5-2/h28-30,33-36H,4-27,31H2,1-3H3/t33-,34-,35-,36-. The van der Waals surface area contributed by atoms with Crippen molar-refractivity contribution in [2.45, 2.75) is 181 Å². The van der Waals surface area contributed by atoms with Crippen LogP contribution in [0.25, 0.3) is 0 Å². The lowest BCUT2D eigenvalue weighted by atomic mass is 9.76. The topological polar surface area (TPSA) is 9.23 Å². The van der Waals surface area contributed by atoms with E-state index in [0.717, 1.165) is 36.0 Å². The van der Waals surface area contributed by atoms with Gasteiger partial charge in [0.2, 0.25) is 0 Å². The first kappa shape index (κ1) is 32.5. The number of ether oxygens (including phenoxy) is 1. The minimum atomic E-state index is 0.766. The molecular weight excluding hydrogens is 472 g/mol. The predicted molar refractivity (Wildman–Crippen MR) is 172 cm³/mol. The quantitative estimate of drug-likeness (QED) is 0.150. The van der Waals surface area contributed by atoms with E-state index in [1.54, 1.807) is 5.56 Å². The number of benzene rings is 1. The molecule has 0 atom stereocenters. The Hall–Kier alpha value is -0.980. The smallest absolute Gasteiger partial charge is 0.119 e. The van der Waals surface area contributed by atoms with Crippen molar-refractivity contribution in [3.63, 3.8) is 0 Å². The molecule has 0 spiro atoms. The van der Waals surface area contributed by atoms with Crippen molar-refractivity contribution in [2.75, 3.05) is 6.61 Å². The van der Waals surface area contributed by atoms with Gasteiger partial charge in [0, 0.05) is 0 Å². The van der Waals surface area contributed by atoms with Gasteiger partial charge in [-0.05, 0) is 92.4 Å². The zero-order valence-electron chi connectivity index (χ0n) is 26.6. The third kappa shape index (κ3) is 13.0. The fourth-order valence-corrected chi connectivity index (χ4v) is 7.64. The summed E-state index contributed by atoms with van der Waals surface area (Å²) in [6.07, 6.45) is 34.4. The van der Waals surface area contributed by atoms with Crippen molar-refractivity contribution >= 4 is 0 Å². The summed E-state index contributed by atoms with van der Waals surface area (Å²) in [7, 11) is 0. The normalized spacial score (nSPS) is 23.7. The maximum atomic E-state index is 6.35. The van der Waals surface area contributed by atoms with Crippen LogP contribution in [0.2, 0.25) is 0 Å². The number of aryl methyl sites for hydroxylation is 1. The van der Waals surface area contributed by atoms with Crippen LogP contribution in [0.3, 0.4) is 0 Å². The first-order valence-electron chi connectivity index (χ1n) is 17.9. The average Bonchev–Trinajstić information content (AvgIpc) is 2.96. The van der Waals surface area contributed by atoms with E-state index in [9.17, 15) is 0 Å². The Morgan fingerprint density at radius 3 is 1.54 bits per heavy atom. The Labute approximate surface area is 244 Å². The highest BCUT2D eigenvalue weighted by Crippen LogP contribution is 2.40. The molecule has 2 saturated carbocycles. The molecule has 0 amide bonds. The summed E-state index contributed by atoms with van der Waals surface area (Å²) in [5, 5.41) is 0. The second-order valence-electron chi connectivity index (χ2n) is 13.8. The maximum absolute atomic E-state index is 6.35. The van der Waals surface area contributed by atoms with Gasteiger partial charge in [-0.1, -0.05) is 135 Å². The Kier molecular flexibility index (Phi) is 16.7. The van der Waals surface area contributed by atoms with Crippen LogP contribution in [0.1, 0.15) is 185 Å². The molecule has 1 aromatic rings. The van der Waals surface area contributed by atoms with Gasteiger partial charge in [-0.25, -0.2) is 0 Å². The molecular formula is C38H66O. The van der Waals surface area contributed by atoms with E-state index in [2.05, 4.69) is 39.0 Å². The fourth-order valence-electron chi connectivity index (χ4n) is 7.64. The van der Waals surface area contributed by atoms with Crippen LogP contribution in [-0.2, 0) is 0 Å². The highest BCUT2D eigenvalue weighted by atomic mass is 16.5. The zero-order valence-corrected chi connectivity index (χ0v) is 26.6. The molecule has 1 nitrogen and oxygen atoms in total. The van der Waals surface area contributed by atoms with Crippen LogP contribution >= 0.6 is 0 Å². The van der Waals surface area contributed by atoms with Crippen molar-refractivity contribution < 1.29 is 4.74 Å². The monoisotopic (exact) mass is 539 g/mol. The van der Waals surface area contributed by atoms with E-state index < -0.39 is 0 Å². The first-order valence-corrected chi connectivity index (χ1v) is 17.9. The van der Waals surface area contributed by atoms with E-state index in [-0.39, 0.29) is 0 Å². The molecule has 0 bridgehead atoms. The van der Waals surface area contributed by atoms with Gasteiger partial charge in [-0.15, -0.1) is 0 Å². The molecule has 39 heavy (non-hydrogen) atoms. The lowest BCUT2D eigenvalue weighted by Gasteiger charge is -2.30. The van der Waals surface area contributed by atoms with E-state index in [1.165, 1.54) is 160 Å². The van der Waals surface area contributed by atoms with E-state index in [0.29, 0.717) is 0 Å². The zero-order chi connectivity index (χ0) is 27.5. The van der Waals surface area contributed by atoms with Gasteiger partial charge in [0.05, 0.1) is 6.61 Å². The van der Waals surface area contributed by atoms with Gasteiger partial charge in [0.15, 0.2) is 0 Å². The summed E-state index contributed by atoms with van der Waals surface area (Å²) in [6.45, 7) is 7.86. The van der Waals surface area contributed by atoms with Crippen molar-refractivity contribution in [1.82, 2.24) is 0 Å². The molecule has 1 aromatic carbocycles. The van der Waals surface area contributed by atoms with Crippen LogP contribution < -0.4 is 4.74 Å². The van der Waals surface area contributed by atoms with Crippen LogP contribution in [0, 0.1) is 24.7 Å². The van der Waals surface area contributed by atoms with Gasteiger partial charge in [-0.3, -0.25) is 0 Å². The Bertz CT molecular complexity index is 722. The summed E-state index contributed by atoms with van der Waals surface area (Å²) >= 11 is 0. The minimum Gasteiger partial charge on any atom is -0.493 e. The third-order valence-corrected chi connectivity index (χ3v) is 10.4. The average molecular weight is 539 g/mol. The molecule has 2 aliphatic carbocycles. The van der Waals surface area contributed by atoms with Gasteiger partial charge < -0.3 is 4.74 Å². The van der Waals surface area contributed by atoms with Crippen molar-refractivity contribution in [1.29, 1.82) is 0 Å². The van der Waals surface area contributed by atoms with Gasteiger partial charge in [-0.2, -0.15) is 0 Å². The molecule has 2 fully saturated rings. The van der Waals surface area contributed by atoms with Crippen LogP contribution in [-0.4, -0.2) is 6.61 Å². The molecule has 2 aliphatic rings. The highest BCUT2D eigenvalue weighted by Gasteiger charge is 2.24. The molecule has 0 heterocycles. The lowest BCUT2D eigenvalue weighted by molar-refractivity contribution is 0.177. The van der Waals surface area contributed by atoms with Gasteiger partial charge in [0.1, 0.15) is 5.75 Å². The second-order valence-corrected chi connectivity index (χ2v) is 13.8. The number of hydrogen-bond acceptors (Lipinski definition) is 1. The molecule has 0 radical (unpaired) electrons. The molecule has 0 saturated heterocycles. The second kappa shape index (κ2) is 20.0. The fraction of sp³-hybridized carbons (Fsp3) is 0.842. The Morgan fingerprint density at radius 1 is 0.564 bits per heavy atom. The number of unbranched alkanes of at least 4 members (excludes halogenated alkanes) is 12. The SMILES string of the molecule is CCCCCCCCC[C@H]1CC[C@H](COc2ccc([C@H]3CC[C@H](CCCCCCCCC)CC3)c(C)c2)CC1. The largest absolute Gasteiger partial charge is 0.493 e. The lowest BCUT2D eigenvalue weighted by Crippen LogP contribution is -2.20. The maximum Gasteiger partial charge on any atom is 0.119 e. The van der Waals surface area contributed by atoms with Crippen LogP contribution in [0.4, 0.5) is 0 Å². The Morgan fingerprint density at radius 2 is 1.03 bits per heavy atom. The van der Waals surface area contributed by atoms with Crippen molar-refractivity contribution in [3.8, 4) is 5.75 Å². The summed E-state index contributed by atoms with van der Waals surface area (Å²) in [5.74, 6) is 4.63. The van der Waals surface area contributed by atoms with Crippen LogP contribution in [0.5, 0.6) is 5.75 Å². The first-order chi connectivity index (χ1) is 19.2. The molecule has 0 aromatic heterocycles. The van der Waals surface area contributed by atoms with E-state index in [1.807, 2.05) is 0 Å². The summed E-state index contributed by atoms with van der Waals surface area (Å²) in [4.78, 5) is 0. The molecule has 0 N–H and O–H groups in total. The number of hydrogen-bond donors (Lipinski definition) is 0. The summed E-state index contributed by atoms with van der Waals surface area (Å²) < 4.78 is 6.35. The molecule has 0 unspecified atom stereocenters. The van der Waals surface area contributed by atoms with E-state index in [4.69, 9.17) is 4.74 Å². The van der Waals surface area contributed by atoms with Crippen molar-refractivity contribution in [2.24, 2.45) is 17.8 Å². The number of rotatable bonds is 20. The minimum absolute atomic E-state index is 0.766. The Balaban J connectivity index is 1.26. The third-order valence-electron chi connectivity index (χ3n) is 10.4. The van der Waals surface area contributed by atoms with Crippen LogP contribution in [0.15, 0.2) is 18.2 Å². The predicted octanol–water partition coefficient (Wildman–Crippen LogP) is 12.7. The molecule has 224 valence electrons. The molecule has 1 heteroatoms. The summed E-state index contributed by atoms with van der Waals surface area (Å²) in [6, 6.07) is 7.02. The van der Waals surface area contributed by atoms with Crippen molar-refractivity contribution in [3.05, 3.63) is 29.3 Å². The molecule has 3 rings (SSSR count). The van der Waals surface area contributed by atoms with E-state index >= 15 is 0 Å². The molecule has 0 aliphatic heterocycles. The highest BCUT2D eigenvalue weighted by molar-refractivity contribution is 5.37. The summed E-state index contributed by atoms with van der Waals surface area (Å²) in [5.41, 5.74) is 3.06. The van der Waals surface area contributed by atoms with Gasteiger partial charge >= 0.3 is 0 Å².